The van der Waals surface area contributed by atoms with Crippen molar-refractivity contribution in [2.75, 3.05) is 54.5 Å². The van der Waals surface area contributed by atoms with Crippen molar-refractivity contribution in [3.05, 3.63) is 48.2 Å². The van der Waals surface area contributed by atoms with Gasteiger partial charge >= 0.3 is 0 Å². The van der Waals surface area contributed by atoms with Crippen LogP contribution in [0, 0.1) is 5.41 Å². The van der Waals surface area contributed by atoms with E-state index in [0.717, 1.165) is 55.6 Å². The third kappa shape index (κ3) is 5.75. The zero-order chi connectivity index (χ0) is 29.6. The van der Waals surface area contributed by atoms with Crippen LogP contribution in [-0.4, -0.2) is 75.5 Å². The highest BCUT2D eigenvalue weighted by Crippen LogP contribution is 2.54. The van der Waals surface area contributed by atoms with E-state index in [2.05, 4.69) is 31.3 Å². The number of carbonyl (C=O) groups excluding carboxylic acids is 1. The average molecular weight is 596 g/mol. The van der Waals surface area contributed by atoms with Gasteiger partial charge in [-0.3, -0.25) is 4.79 Å². The molecule has 226 valence electrons. The van der Waals surface area contributed by atoms with Gasteiger partial charge in [0.05, 0.1) is 46.7 Å². The molecule has 11 heteroatoms. The minimum absolute atomic E-state index is 0.0792. The fourth-order valence-corrected chi connectivity index (χ4v) is 7.62. The Bertz CT molecular complexity index is 1590. The number of anilines is 3. The van der Waals surface area contributed by atoms with Gasteiger partial charge in [0.25, 0.3) is 5.91 Å². The van der Waals surface area contributed by atoms with Crippen LogP contribution in [0.2, 0.25) is 0 Å². The van der Waals surface area contributed by atoms with Gasteiger partial charge in [-0.1, -0.05) is 0 Å². The number of nitrogens with one attached hydrogen (secondary N) is 2. The number of amides is 1. The average Bonchev–Trinajstić information content (AvgIpc) is 3.62. The van der Waals surface area contributed by atoms with Crippen LogP contribution in [0.15, 0.2) is 47.5 Å². The molecule has 6 rings (SSSR count). The molecule has 3 heterocycles. The summed E-state index contributed by atoms with van der Waals surface area (Å²) in [5.41, 5.74) is 4.31. The quantitative estimate of drug-likeness (QED) is 0.364. The maximum atomic E-state index is 13.9. The van der Waals surface area contributed by atoms with E-state index in [1.807, 2.05) is 31.4 Å². The Kier molecular flexibility index (Phi) is 7.71. The molecule has 3 aromatic rings. The summed E-state index contributed by atoms with van der Waals surface area (Å²) in [7, 11) is -1.85. The van der Waals surface area contributed by atoms with Crippen LogP contribution in [0.4, 0.5) is 17.1 Å². The number of morpholine rings is 1. The molecule has 2 aromatic carbocycles. The van der Waals surface area contributed by atoms with Crippen LogP contribution >= 0.6 is 0 Å². The molecule has 1 amide bonds. The summed E-state index contributed by atoms with van der Waals surface area (Å²) >= 11 is 0. The highest BCUT2D eigenvalue weighted by Gasteiger charge is 2.44. The third-order valence-electron chi connectivity index (χ3n) is 9.07. The number of aromatic nitrogens is 1. The van der Waals surface area contributed by atoms with Crippen molar-refractivity contribution in [1.29, 1.82) is 0 Å². The Labute approximate surface area is 247 Å². The number of fused-ring (bicyclic) bond motifs is 1. The lowest BCUT2D eigenvalue weighted by Crippen LogP contribution is -2.41. The van der Waals surface area contributed by atoms with Crippen molar-refractivity contribution in [3.63, 3.8) is 0 Å². The van der Waals surface area contributed by atoms with Crippen molar-refractivity contribution >= 4 is 43.9 Å². The molecule has 1 saturated carbocycles. The highest BCUT2D eigenvalue weighted by atomic mass is 32.2. The molecule has 2 aliphatic heterocycles. The number of hydrogen-bond acceptors (Lipinski definition) is 7. The molecule has 2 atom stereocenters. The molecule has 1 aliphatic carbocycles. The lowest BCUT2D eigenvalue weighted by molar-refractivity contribution is 0.0533. The number of rotatable bonds is 8. The topological polar surface area (TPSA) is 116 Å². The highest BCUT2D eigenvalue weighted by molar-refractivity contribution is 7.89. The Morgan fingerprint density at radius 1 is 1.07 bits per heavy atom. The van der Waals surface area contributed by atoms with Crippen molar-refractivity contribution in [3.8, 4) is 0 Å². The number of nitrogens with zero attached hydrogens (tertiary/aromatic N) is 3. The second-order valence-electron chi connectivity index (χ2n) is 12.3. The van der Waals surface area contributed by atoms with E-state index in [-0.39, 0.29) is 23.5 Å². The Hall–Kier alpha value is -3.12. The molecule has 42 heavy (non-hydrogen) atoms. The summed E-state index contributed by atoms with van der Waals surface area (Å²) < 4.78 is 36.6. The first kappa shape index (κ1) is 29.0. The first-order chi connectivity index (χ1) is 20.1. The van der Waals surface area contributed by atoms with Gasteiger partial charge in [-0.15, -0.1) is 0 Å². The molecule has 0 radical (unpaired) electrons. The normalized spacial score (nSPS) is 21.1. The first-order valence-electron chi connectivity index (χ1n) is 14.9. The predicted octanol–water partition coefficient (Wildman–Crippen LogP) is 3.70. The van der Waals surface area contributed by atoms with Gasteiger partial charge in [0.1, 0.15) is 0 Å². The predicted molar refractivity (Wildman–Crippen MR) is 165 cm³/mol. The van der Waals surface area contributed by atoms with E-state index < -0.39 is 16.1 Å². The number of piperidine rings is 1. The number of hydrogen-bond donors (Lipinski definition) is 3. The maximum absolute atomic E-state index is 13.9. The molecule has 0 unspecified atom stereocenters. The number of ether oxygens (including phenoxy) is 1. The van der Waals surface area contributed by atoms with Crippen molar-refractivity contribution < 1.29 is 23.1 Å². The van der Waals surface area contributed by atoms with E-state index in [9.17, 15) is 18.3 Å². The van der Waals surface area contributed by atoms with E-state index in [0.29, 0.717) is 29.0 Å². The second kappa shape index (κ2) is 11.2. The van der Waals surface area contributed by atoms with Crippen molar-refractivity contribution in [2.24, 2.45) is 12.5 Å². The zero-order valence-electron chi connectivity index (χ0n) is 24.6. The zero-order valence-corrected chi connectivity index (χ0v) is 25.4. The summed E-state index contributed by atoms with van der Waals surface area (Å²) in [6, 6.07) is 10.1. The molecule has 3 N–H and O–H groups in total. The van der Waals surface area contributed by atoms with E-state index in [4.69, 9.17) is 4.74 Å². The summed E-state index contributed by atoms with van der Waals surface area (Å²) in [5.74, 6) is -0.283. The molecule has 0 bridgehead atoms. The minimum atomic E-state index is -3.88. The smallest absolute Gasteiger partial charge is 0.257 e. The number of sulfonamides is 1. The van der Waals surface area contributed by atoms with Crippen LogP contribution in [0.25, 0.3) is 10.9 Å². The first-order valence-corrected chi connectivity index (χ1v) is 16.3. The number of carbonyl (C=O) groups is 1. The lowest BCUT2D eigenvalue weighted by Gasteiger charge is -2.35. The number of aryl methyl sites for hydroxylation is 1. The van der Waals surface area contributed by atoms with Gasteiger partial charge in [0, 0.05) is 56.5 Å². The molecule has 2 saturated heterocycles. The third-order valence-corrected chi connectivity index (χ3v) is 10.7. The van der Waals surface area contributed by atoms with Gasteiger partial charge in [-0.2, -0.15) is 0 Å². The van der Waals surface area contributed by atoms with Crippen LogP contribution in [0.1, 0.15) is 49.9 Å². The van der Waals surface area contributed by atoms with Crippen LogP contribution in [-0.2, 0) is 21.8 Å². The fraction of sp³-hybridized carbons (Fsp3) is 0.516. The molecule has 1 aromatic heterocycles. The number of benzene rings is 2. The molecule has 3 fully saturated rings. The lowest BCUT2D eigenvalue weighted by atomic mass is 9.93. The fourth-order valence-electron chi connectivity index (χ4n) is 6.37. The Morgan fingerprint density at radius 2 is 1.83 bits per heavy atom. The van der Waals surface area contributed by atoms with Gasteiger partial charge in [-0.25, -0.2) is 13.1 Å². The summed E-state index contributed by atoms with van der Waals surface area (Å²) in [6.07, 6.45) is 6.71. The number of aliphatic hydroxyl groups excluding tert-OH is 1. The van der Waals surface area contributed by atoms with Crippen LogP contribution < -0.4 is 19.8 Å². The van der Waals surface area contributed by atoms with Gasteiger partial charge in [0.15, 0.2) is 0 Å². The monoisotopic (exact) mass is 595 g/mol. The maximum Gasteiger partial charge on any atom is 0.257 e. The van der Waals surface area contributed by atoms with Crippen LogP contribution in [0.3, 0.4) is 0 Å². The standard InChI is InChI=1S/C31H41N5O5S/c1-21(20-37)33-42(39,40)25-4-5-26(27(18-25)35-12-9-31(7-8-31)10-13-35)30(38)32-24-16-23-6-11-34(3)29(23)28(17-24)36-14-15-41-22(2)19-36/h4-6,11,16-18,21-22,33,37H,7-10,12-15,19-20H2,1-3H3,(H,32,38)/t21-,22-/m1/s1. The van der Waals surface area contributed by atoms with Gasteiger partial charge in [-0.05, 0) is 81.3 Å². The molecule has 1 spiro atoms. The van der Waals surface area contributed by atoms with E-state index in [1.54, 1.807) is 19.1 Å². The summed E-state index contributed by atoms with van der Waals surface area (Å²) in [4.78, 5) is 18.4. The Balaban J connectivity index is 1.33. The van der Waals surface area contributed by atoms with Crippen molar-refractivity contribution in [1.82, 2.24) is 9.29 Å². The van der Waals surface area contributed by atoms with Crippen LogP contribution in [0.5, 0.6) is 0 Å². The SMILES string of the molecule is C[C@H](CO)NS(=O)(=O)c1ccc(C(=O)Nc2cc(N3CCO[C@H](C)C3)c3c(ccn3C)c2)c(N2CCC3(CC2)CC3)c1. The Morgan fingerprint density at radius 3 is 2.52 bits per heavy atom. The summed E-state index contributed by atoms with van der Waals surface area (Å²) in [5, 5.41) is 13.6. The van der Waals surface area contributed by atoms with Crippen molar-refractivity contribution in [2.45, 2.75) is 56.6 Å². The van der Waals surface area contributed by atoms with Gasteiger partial charge in [0.2, 0.25) is 10.0 Å². The molecule has 3 aliphatic rings. The minimum Gasteiger partial charge on any atom is -0.395 e. The summed E-state index contributed by atoms with van der Waals surface area (Å²) in [6.45, 7) is 7.09. The number of aliphatic hydroxyl groups is 1. The van der Waals surface area contributed by atoms with E-state index >= 15 is 0 Å². The van der Waals surface area contributed by atoms with Gasteiger partial charge < -0.3 is 29.5 Å². The second-order valence-corrected chi connectivity index (χ2v) is 14.0. The molecular formula is C31H41N5O5S. The molecular weight excluding hydrogens is 554 g/mol. The van der Waals surface area contributed by atoms with E-state index in [1.165, 1.54) is 18.9 Å². The molecule has 10 nitrogen and oxygen atoms in total. The largest absolute Gasteiger partial charge is 0.395 e.